The topological polar surface area (TPSA) is 48.4 Å². The van der Waals surface area contributed by atoms with Crippen LogP contribution in [0.2, 0.25) is 0 Å². The number of esters is 1. The summed E-state index contributed by atoms with van der Waals surface area (Å²) in [6, 6.07) is 0. The fraction of sp³-hybridized carbons (Fsp3) is 0.600. The van der Waals surface area contributed by atoms with Crippen molar-refractivity contribution in [3.05, 3.63) is 16.1 Å². The molecule has 5 heteroatoms. The van der Waals surface area contributed by atoms with Gasteiger partial charge >= 0.3 is 5.97 Å². The van der Waals surface area contributed by atoms with E-state index in [2.05, 4.69) is 9.72 Å². The van der Waals surface area contributed by atoms with Gasteiger partial charge in [-0.2, -0.15) is 0 Å². The van der Waals surface area contributed by atoms with E-state index in [0.717, 1.165) is 11.4 Å². The van der Waals surface area contributed by atoms with Crippen LogP contribution in [0.4, 0.5) is 0 Å². The Balaban J connectivity index is 2.97. The highest BCUT2D eigenvalue weighted by atomic mass is 32.1. The lowest BCUT2D eigenvalue weighted by Gasteiger charge is -2.23. The summed E-state index contributed by atoms with van der Waals surface area (Å²) in [5.41, 5.74) is -0.0778. The molecule has 15 heavy (non-hydrogen) atoms. The molecule has 1 unspecified atom stereocenters. The van der Waals surface area contributed by atoms with Crippen LogP contribution in [0.1, 0.15) is 35.8 Å². The minimum atomic E-state index is -0.420. The first kappa shape index (κ1) is 12.1. The second kappa shape index (κ2) is 4.72. The molecule has 0 saturated carbocycles. The van der Waals surface area contributed by atoms with Crippen LogP contribution in [0.5, 0.6) is 0 Å². The van der Waals surface area contributed by atoms with Crippen LogP contribution in [0, 0.1) is 0 Å². The molecule has 84 valence electrons. The van der Waals surface area contributed by atoms with Crippen molar-refractivity contribution in [3.8, 4) is 0 Å². The van der Waals surface area contributed by atoms with Gasteiger partial charge in [-0.15, -0.1) is 11.3 Å². The Labute approximate surface area is 93.2 Å². The summed E-state index contributed by atoms with van der Waals surface area (Å²) < 4.78 is 9.99. The Kier molecular flexibility index (Phi) is 3.82. The standard InChI is InChI=1S/C10H15NO3S/c1-5-10(2,14-4)9-11-7(6-15-9)8(12)13-3/h6H,5H2,1-4H3. The molecule has 0 saturated heterocycles. The number of aromatic nitrogens is 1. The summed E-state index contributed by atoms with van der Waals surface area (Å²) in [6.07, 6.45) is 0.803. The number of hydrogen-bond donors (Lipinski definition) is 0. The molecule has 0 radical (unpaired) electrons. The summed E-state index contributed by atoms with van der Waals surface area (Å²) in [5.74, 6) is -0.410. The number of methoxy groups -OCH3 is 2. The highest BCUT2D eigenvalue weighted by Crippen LogP contribution is 2.30. The van der Waals surface area contributed by atoms with Gasteiger partial charge in [0.15, 0.2) is 5.69 Å². The number of hydrogen-bond acceptors (Lipinski definition) is 5. The lowest BCUT2D eigenvalue weighted by molar-refractivity contribution is -0.00171. The first-order valence-electron chi connectivity index (χ1n) is 4.67. The first-order valence-corrected chi connectivity index (χ1v) is 5.54. The molecule has 1 aromatic heterocycles. The lowest BCUT2D eigenvalue weighted by Crippen LogP contribution is -2.23. The smallest absolute Gasteiger partial charge is 0.357 e. The SMILES string of the molecule is CCC(C)(OC)c1nc(C(=O)OC)cs1. The Morgan fingerprint density at radius 1 is 1.60 bits per heavy atom. The van der Waals surface area contributed by atoms with Gasteiger partial charge in [-0.3, -0.25) is 0 Å². The van der Waals surface area contributed by atoms with Gasteiger partial charge in [0.05, 0.1) is 7.11 Å². The van der Waals surface area contributed by atoms with Crippen LogP contribution in [-0.2, 0) is 15.1 Å². The van der Waals surface area contributed by atoms with Crippen molar-refractivity contribution in [2.45, 2.75) is 25.9 Å². The maximum atomic E-state index is 11.2. The van der Waals surface area contributed by atoms with E-state index in [1.165, 1.54) is 18.4 Å². The van der Waals surface area contributed by atoms with E-state index in [4.69, 9.17) is 4.74 Å². The zero-order chi connectivity index (χ0) is 11.5. The van der Waals surface area contributed by atoms with Crippen LogP contribution in [0.25, 0.3) is 0 Å². The molecule has 0 amide bonds. The van der Waals surface area contributed by atoms with Crippen LogP contribution in [0.3, 0.4) is 0 Å². The molecule has 0 N–H and O–H groups in total. The van der Waals surface area contributed by atoms with E-state index in [9.17, 15) is 4.79 Å². The molecule has 1 rings (SSSR count). The molecule has 0 aliphatic rings. The number of nitrogens with zero attached hydrogens (tertiary/aromatic N) is 1. The monoisotopic (exact) mass is 229 g/mol. The third-order valence-corrected chi connectivity index (χ3v) is 3.56. The van der Waals surface area contributed by atoms with Crippen molar-refractivity contribution in [3.63, 3.8) is 0 Å². The van der Waals surface area contributed by atoms with Crippen LogP contribution in [-0.4, -0.2) is 25.2 Å². The van der Waals surface area contributed by atoms with Crippen LogP contribution < -0.4 is 0 Å². The van der Waals surface area contributed by atoms with Gasteiger partial charge in [0, 0.05) is 12.5 Å². The molecular formula is C10H15NO3S. The van der Waals surface area contributed by atoms with Gasteiger partial charge in [-0.05, 0) is 13.3 Å². The minimum Gasteiger partial charge on any atom is -0.464 e. The van der Waals surface area contributed by atoms with Crippen molar-refractivity contribution in [2.24, 2.45) is 0 Å². The summed E-state index contributed by atoms with van der Waals surface area (Å²) in [6.45, 7) is 3.97. The van der Waals surface area contributed by atoms with E-state index in [0.29, 0.717) is 5.69 Å². The Hall–Kier alpha value is -0.940. The lowest BCUT2D eigenvalue weighted by atomic mass is 10.1. The molecule has 0 fully saturated rings. The molecule has 0 spiro atoms. The van der Waals surface area contributed by atoms with E-state index < -0.39 is 11.6 Å². The zero-order valence-corrected chi connectivity index (χ0v) is 10.2. The summed E-state index contributed by atoms with van der Waals surface area (Å²) in [7, 11) is 2.99. The predicted octanol–water partition coefficient (Wildman–Crippen LogP) is 2.20. The van der Waals surface area contributed by atoms with Gasteiger partial charge < -0.3 is 9.47 Å². The Morgan fingerprint density at radius 2 is 2.27 bits per heavy atom. The second-order valence-electron chi connectivity index (χ2n) is 3.32. The van der Waals surface area contributed by atoms with Crippen LogP contribution in [0.15, 0.2) is 5.38 Å². The van der Waals surface area contributed by atoms with Crippen molar-refractivity contribution in [1.29, 1.82) is 0 Å². The average molecular weight is 229 g/mol. The molecule has 1 atom stereocenters. The molecule has 0 bridgehead atoms. The quantitative estimate of drug-likeness (QED) is 0.743. The van der Waals surface area contributed by atoms with Gasteiger partial charge in [-0.1, -0.05) is 6.92 Å². The fourth-order valence-corrected chi connectivity index (χ4v) is 2.10. The van der Waals surface area contributed by atoms with Gasteiger partial charge in [0.2, 0.25) is 0 Å². The van der Waals surface area contributed by atoms with E-state index in [1.54, 1.807) is 12.5 Å². The van der Waals surface area contributed by atoms with Crippen molar-refractivity contribution in [1.82, 2.24) is 4.98 Å². The number of ether oxygens (including phenoxy) is 2. The fourth-order valence-electron chi connectivity index (χ4n) is 1.10. The van der Waals surface area contributed by atoms with Crippen molar-refractivity contribution in [2.75, 3.05) is 14.2 Å². The first-order chi connectivity index (χ1) is 7.07. The number of thiazole rings is 1. The Bertz CT molecular complexity index is 344. The van der Waals surface area contributed by atoms with E-state index in [1.807, 2.05) is 13.8 Å². The van der Waals surface area contributed by atoms with E-state index >= 15 is 0 Å². The normalized spacial score (nSPS) is 14.7. The second-order valence-corrected chi connectivity index (χ2v) is 4.18. The van der Waals surface area contributed by atoms with Gasteiger partial charge in [-0.25, -0.2) is 9.78 Å². The summed E-state index contributed by atoms with van der Waals surface area (Å²) in [5, 5.41) is 2.49. The third kappa shape index (κ3) is 2.35. The molecule has 1 heterocycles. The average Bonchev–Trinajstić information content (AvgIpc) is 2.76. The maximum Gasteiger partial charge on any atom is 0.357 e. The molecule has 0 aliphatic heterocycles. The molecule has 4 nitrogen and oxygen atoms in total. The molecular weight excluding hydrogens is 214 g/mol. The predicted molar refractivity (Wildman–Crippen MR) is 58.1 cm³/mol. The largest absolute Gasteiger partial charge is 0.464 e. The number of rotatable bonds is 4. The maximum absolute atomic E-state index is 11.2. The third-order valence-electron chi connectivity index (χ3n) is 2.48. The summed E-state index contributed by atoms with van der Waals surface area (Å²) >= 11 is 1.41. The molecule has 1 aromatic rings. The highest BCUT2D eigenvalue weighted by Gasteiger charge is 2.28. The van der Waals surface area contributed by atoms with Crippen molar-refractivity contribution < 1.29 is 14.3 Å². The molecule has 0 aliphatic carbocycles. The molecule has 0 aromatic carbocycles. The summed E-state index contributed by atoms with van der Waals surface area (Å²) in [4.78, 5) is 15.4. The highest BCUT2D eigenvalue weighted by molar-refractivity contribution is 7.10. The number of carbonyl (C=O) groups excluding carboxylic acids is 1. The van der Waals surface area contributed by atoms with Crippen LogP contribution >= 0.6 is 11.3 Å². The number of carbonyl (C=O) groups is 1. The minimum absolute atomic E-state index is 0.342. The van der Waals surface area contributed by atoms with Gasteiger partial charge in [0.1, 0.15) is 10.6 Å². The van der Waals surface area contributed by atoms with E-state index in [-0.39, 0.29) is 0 Å². The van der Waals surface area contributed by atoms with Gasteiger partial charge in [0.25, 0.3) is 0 Å². The Morgan fingerprint density at radius 3 is 2.73 bits per heavy atom. The zero-order valence-electron chi connectivity index (χ0n) is 9.36. The van der Waals surface area contributed by atoms with Crippen molar-refractivity contribution >= 4 is 17.3 Å².